The highest BCUT2D eigenvalue weighted by Crippen LogP contribution is 2.19. The van der Waals surface area contributed by atoms with E-state index in [1.807, 2.05) is 25.1 Å². The molecule has 0 unspecified atom stereocenters. The van der Waals surface area contributed by atoms with Gasteiger partial charge in [-0.05, 0) is 35.7 Å². The zero-order valence-corrected chi connectivity index (χ0v) is 14.8. The minimum Gasteiger partial charge on any atom is -0.339 e. The third kappa shape index (κ3) is 2.90. The lowest BCUT2D eigenvalue weighted by Gasteiger charge is -2.16. The number of carbonyl (C=O) groups is 1. The van der Waals surface area contributed by atoms with Crippen LogP contribution in [0.15, 0.2) is 54.7 Å². The van der Waals surface area contributed by atoms with Crippen LogP contribution in [-0.2, 0) is 6.42 Å². The SMILES string of the molecule is Cc1ccnc2nc(C(=O)N(C)CCc3cccc4ccccc34)nn12. The zero-order chi connectivity index (χ0) is 18.1. The van der Waals surface area contributed by atoms with E-state index in [-0.39, 0.29) is 11.7 Å². The van der Waals surface area contributed by atoms with Gasteiger partial charge < -0.3 is 4.90 Å². The van der Waals surface area contributed by atoms with Crippen molar-refractivity contribution < 1.29 is 4.79 Å². The summed E-state index contributed by atoms with van der Waals surface area (Å²) in [6.45, 7) is 2.50. The molecule has 130 valence electrons. The summed E-state index contributed by atoms with van der Waals surface area (Å²) in [5.74, 6) is 0.415. The molecule has 0 N–H and O–H groups in total. The number of fused-ring (bicyclic) bond motifs is 2. The highest BCUT2D eigenvalue weighted by molar-refractivity contribution is 5.91. The van der Waals surface area contributed by atoms with E-state index in [0.717, 1.165) is 12.1 Å². The van der Waals surface area contributed by atoms with E-state index < -0.39 is 0 Å². The van der Waals surface area contributed by atoms with Gasteiger partial charge >= 0.3 is 0 Å². The summed E-state index contributed by atoms with van der Waals surface area (Å²) in [4.78, 5) is 22.7. The summed E-state index contributed by atoms with van der Waals surface area (Å²) in [7, 11) is 1.78. The van der Waals surface area contributed by atoms with Crippen molar-refractivity contribution in [1.82, 2.24) is 24.5 Å². The lowest BCUT2D eigenvalue weighted by atomic mass is 10.0. The second kappa shape index (κ2) is 6.55. The minimum atomic E-state index is -0.199. The van der Waals surface area contributed by atoms with Crippen LogP contribution in [0.4, 0.5) is 0 Å². The molecule has 0 saturated carbocycles. The summed E-state index contributed by atoms with van der Waals surface area (Å²) in [5, 5.41) is 6.72. The normalized spacial score (nSPS) is 11.2. The van der Waals surface area contributed by atoms with Gasteiger partial charge in [-0.1, -0.05) is 42.5 Å². The van der Waals surface area contributed by atoms with Crippen molar-refractivity contribution in [2.75, 3.05) is 13.6 Å². The van der Waals surface area contributed by atoms with E-state index in [1.165, 1.54) is 16.3 Å². The van der Waals surface area contributed by atoms with Gasteiger partial charge in [-0.25, -0.2) is 9.50 Å². The van der Waals surface area contributed by atoms with Gasteiger partial charge in [0.25, 0.3) is 11.7 Å². The number of amides is 1. The topological polar surface area (TPSA) is 63.4 Å². The fourth-order valence-electron chi connectivity index (χ4n) is 3.07. The molecular formula is C20H19N5O. The van der Waals surface area contributed by atoms with E-state index in [4.69, 9.17) is 0 Å². The van der Waals surface area contributed by atoms with Crippen LogP contribution in [0.5, 0.6) is 0 Å². The standard InChI is InChI=1S/C20H19N5O/c1-14-10-12-21-20-22-18(23-25(14)20)19(26)24(2)13-11-16-8-5-7-15-6-3-4-9-17(15)16/h3-10,12H,11,13H2,1-2H3. The molecule has 0 fully saturated rings. The molecule has 0 atom stereocenters. The van der Waals surface area contributed by atoms with Gasteiger partial charge in [0.2, 0.25) is 5.82 Å². The first kappa shape index (κ1) is 16.2. The number of benzene rings is 2. The number of hydrogen-bond donors (Lipinski definition) is 0. The van der Waals surface area contributed by atoms with E-state index >= 15 is 0 Å². The maximum atomic E-state index is 12.7. The lowest BCUT2D eigenvalue weighted by Crippen LogP contribution is -2.29. The molecule has 2 aromatic carbocycles. The van der Waals surface area contributed by atoms with Crippen LogP contribution in [0, 0.1) is 6.92 Å². The Kier molecular flexibility index (Phi) is 4.08. The number of rotatable bonds is 4. The molecule has 0 bridgehead atoms. The number of hydrogen-bond acceptors (Lipinski definition) is 4. The quantitative estimate of drug-likeness (QED) is 0.570. The van der Waals surface area contributed by atoms with Crippen molar-refractivity contribution in [3.8, 4) is 0 Å². The van der Waals surface area contributed by atoms with Gasteiger partial charge in [0.1, 0.15) is 0 Å². The number of likely N-dealkylation sites (N-methyl/N-ethyl adjacent to an activating group) is 1. The van der Waals surface area contributed by atoms with E-state index in [2.05, 4.69) is 45.4 Å². The summed E-state index contributed by atoms with van der Waals surface area (Å²) >= 11 is 0. The van der Waals surface area contributed by atoms with Crippen molar-refractivity contribution in [1.29, 1.82) is 0 Å². The highest BCUT2D eigenvalue weighted by atomic mass is 16.2. The average molecular weight is 345 g/mol. The number of carbonyl (C=O) groups excluding carboxylic acids is 1. The van der Waals surface area contributed by atoms with Crippen LogP contribution < -0.4 is 0 Å². The van der Waals surface area contributed by atoms with Crippen molar-refractivity contribution in [2.24, 2.45) is 0 Å². The molecule has 1 amide bonds. The Labute approximate surface area is 151 Å². The minimum absolute atomic E-state index is 0.173. The maximum absolute atomic E-state index is 12.7. The molecule has 0 aliphatic rings. The summed E-state index contributed by atoms with van der Waals surface area (Å²) in [5.41, 5.74) is 2.11. The molecular weight excluding hydrogens is 326 g/mol. The van der Waals surface area contributed by atoms with Crippen molar-refractivity contribution >= 4 is 22.5 Å². The Bertz CT molecular complexity index is 1100. The maximum Gasteiger partial charge on any atom is 0.293 e. The molecule has 4 aromatic rings. The smallest absolute Gasteiger partial charge is 0.293 e. The fourth-order valence-corrected chi connectivity index (χ4v) is 3.07. The van der Waals surface area contributed by atoms with Crippen LogP contribution >= 0.6 is 0 Å². The summed E-state index contributed by atoms with van der Waals surface area (Å²) < 4.78 is 1.59. The second-order valence-electron chi connectivity index (χ2n) is 6.35. The van der Waals surface area contributed by atoms with E-state index in [0.29, 0.717) is 12.3 Å². The molecule has 6 nitrogen and oxygen atoms in total. The number of aryl methyl sites for hydroxylation is 1. The molecule has 2 aromatic heterocycles. The van der Waals surface area contributed by atoms with Gasteiger partial charge in [0.15, 0.2) is 0 Å². The summed E-state index contributed by atoms with van der Waals surface area (Å²) in [6.07, 6.45) is 2.44. The third-order valence-electron chi connectivity index (χ3n) is 4.56. The largest absolute Gasteiger partial charge is 0.339 e. The highest BCUT2D eigenvalue weighted by Gasteiger charge is 2.18. The van der Waals surface area contributed by atoms with Gasteiger partial charge in [-0.15, -0.1) is 5.10 Å². The lowest BCUT2D eigenvalue weighted by molar-refractivity contribution is 0.0785. The Morgan fingerprint density at radius 2 is 1.92 bits per heavy atom. The van der Waals surface area contributed by atoms with Gasteiger partial charge in [0, 0.05) is 25.5 Å². The monoisotopic (exact) mass is 345 g/mol. The van der Waals surface area contributed by atoms with E-state index in [1.54, 1.807) is 22.7 Å². The Balaban J connectivity index is 1.52. The second-order valence-corrected chi connectivity index (χ2v) is 6.35. The Hall–Kier alpha value is -3.28. The third-order valence-corrected chi connectivity index (χ3v) is 4.56. The molecule has 2 heterocycles. The van der Waals surface area contributed by atoms with Crippen molar-refractivity contribution in [2.45, 2.75) is 13.3 Å². The van der Waals surface area contributed by atoms with Crippen LogP contribution in [0.25, 0.3) is 16.6 Å². The molecule has 6 heteroatoms. The first-order chi connectivity index (χ1) is 12.6. The Morgan fingerprint density at radius 1 is 1.12 bits per heavy atom. The molecule has 0 saturated heterocycles. The van der Waals surface area contributed by atoms with Crippen molar-refractivity contribution in [3.63, 3.8) is 0 Å². The predicted octanol–water partition coefficient (Wildman–Crippen LogP) is 2.90. The molecule has 0 aliphatic carbocycles. The van der Waals surface area contributed by atoms with Crippen LogP contribution in [-0.4, -0.2) is 44.0 Å². The summed E-state index contributed by atoms with van der Waals surface area (Å²) in [6, 6.07) is 16.4. The molecule has 4 rings (SSSR count). The average Bonchev–Trinajstić information content (AvgIpc) is 3.11. The van der Waals surface area contributed by atoms with Crippen LogP contribution in [0.1, 0.15) is 21.9 Å². The molecule has 0 radical (unpaired) electrons. The van der Waals surface area contributed by atoms with Gasteiger partial charge in [0.05, 0.1) is 0 Å². The predicted molar refractivity (Wildman–Crippen MR) is 100 cm³/mol. The Morgan fingerprint density at radius 3 is 2.77 bits per heavy atom. The molecule has 26 heavy (non-hydrogen) atoms. The first-order valence-corrected chi connectivity index (χ1v) is 8.54. The number of nitrogens with zero attached hydrogens (tertiary/aromatic N) is 5. The first-order valence-electron chi connectivity index (χ1n) is 8.54. The molecule has 0 spiro atoms. The number of aromatic nitrogens is 4. The zero-order valence-electron chi connectivity index (χ0n) is 14.8. The van der Waals surface area contributed by atoms with Crippen LogP contribution in [0.3, 0.4) is 0 Å². The van der Waals surface area contributed by atoms with Crippen molar-refractivity contribution in [3.05, 3.63) is 71.8 Å². The van der Waals surface area contributed by atoms with Gasteiger partial charge in [-0.3, -0.25) is 4.79 Å². The fraction of sp³-hybridized carbons (Fsp3) is 0.200. The molecule has 0 aliphatic heterocycles. The van der Waals surface area contributed by atoms with Gasteiger partial charge in [-0.2, -0.15) is 4.98 Å². The van der Waals surface area contributed by atoms with Crippen LogP contribution in [0.2, 0.25) is 0 Å². The van der Waals surface area contributed by atoms with E-state index in [9.17, 15) is 4.79 Å².